The number of aromatic amines is 1. The van der Waals surface area contributed by atoms with E-state index in [9.17, 15) is 0 Å². The van der Waals surface area contributed by atoms with E-state index in [0.29, 0.717) is 10.9 Å². The summed E-state index contributed by atoms with van der Waals surface area (Å²) in [6.45, 7) is 5.08. The van der Waals surface area contributed by atoms with Crippen LogP contribution in [0.1, 0.15) is 31.0 Å². The predicted molar refractivity (Wildman–Crippen MR) is 90.8 cm³/mol. The van der Waals surface area contributed by atoms with E-state index in [4.69, 9.17) is 11.6 Å². The van der Waals surface area contributed by atoms with Gasteiger partial charge in [0, 0.05) is 18.9 Å². The topological polar surface area (TPSA) is 45.6 Å². The maximum Gasteiger partial charge on any atom is 0.0835 e. The van der Waals surface area contributed by atoms with Crippen molar-refractivity contribution in [2.75, 3.05) is 5.32 Å². The van der Waals surface area contributed by atoms with E-state index in [-0.39, 0.29) is 0 Å². The Labute approximate surface area is 135 Å². The van der Waals surface area contributed by atoms with Crippen LogP contribution in [0.3, 0.4) is 0 Å². The maximum absolute atomic E-state index is 6.32. The Morgan fingerprint density at radius 1 is 1.27 bits per heavy atom. The summed E-state index contributed by atoms with van der Waals surface area (Å²) in [7, 11) is 0. The molecule has 0 aliphatic carbocycles. The van der Waals surface area contributed by atoms with Gasteiger partial charge in [0.15, 0.2) is 0 Å². The van der Waals surface area contributed by atoms with Crippen molar-refractivity contribution in [3.63, 3.8) is 0 Å². The summed E-state index contributed by atoms with van der Waals surface area (Å²) >= 11 is 6.32. The van der Waals surface area contributed by atoms with Gasteiger partial charge in [-0.1, -0.05) is 37.6 Å². The lowest BCUT2D eigenvalue weighted by molar-refractivity contribution is 0.735. The number of hydrogen-bond acceptors (Lipinski definition) is 2. The lowest BCUT2D eigenvalue weighted by atomic mass is 10.1. The molecule has 5 heteroatoms. The fourth-order valence-electron chi connectivity index (χ4n) is 2.53. The quantitative estimate of drug-likeness (QED) is 0.723. The number of benzene rings is 1. The highest BCUT2D eigenvalue weighted by Gasteiger charge is 2.16. The molecule has 2 aromatic heterocycles. The van der Waals surface area contributed by atoms with Gasteiger partial charge >= 0.3 is 0 Å². The van der Waals surface area contributed by atoms with Crippen LogP contribution in [0.2, 0.25) is 5.02 Å². The molecule has 2 heterocycles. The van der Waals surface area contributed by atoms with Crippen molar-refractivity contribution in [1.29, 1.82) is 0 Å². The molecular weight excluding hydrogens is 296 g/mol. The van der Waals surface area contributed by atoms with Gasteiger partial charge in [-0.05, 0) is 29.7 Å². The number of anilines is 1. The van der Waals surface area contributed by atoms with Gasteiger partial charge in [-0.3, -0.25) is 0 Å². The van der Waals surface area contributed by atoms with Gasteiger partial charge in [0.1, 0.15) is 0 Å². The van der Waals surface area contributed by atoms with Gasteiger partial charge in [0.2, 0.25) is 0 Å². The highest BCUT2D eigenvalue weighted by atomic mass is 35.5. The summed E-state index contributed by atoms with van der Waals surface area (Å²) in [5.74, 6) is 0.326. The van der Waals surface area contributed by atoms with E-state index in [1.165, 1.54) is 5.56 Å². The number of hydrogen-bond donors (Lipinski definition) is 2. The van der Waals surface area contributed by atoms with Crippen LogP contribution in [-0.2, 0) is 6.54 Å². The number of nitrogens with zero attached hydrogens (tertiary/aromatic N) is 2. The first-order valence-corrected chi connectivity index (χ1v) is 7.73. The van der Waals surface area contributed by atoms with E-state index < -0.39 is 0 Å². The molecule has 0 fully saturated rings. The summed E-state index contributed by atoms with van der Waals surface area (Å²) in [5.41, 5.74) is 4.28. The minimum absolute atomic E-state index is 0.326. The molecule has 3 aromatic rings. The van der Waals surface area contributed by atoms with Crippen LogP contribution in [0.5, 0.6) is 0 Å². The molecule has 0 spiro atoms. The molecule has 0 unspecified atom stereocenters. The average Bonchev–Trinajstić information content (AvgIpc) is 3.15. The number of rotatable bonds is 5. The average molecular weight is 315 g/mol. The van der Waals surface area contributed by atoms with Crippen LogP contribution in [0, 0.1) is 0 Å². The predicted octanol–water partition coefficient (Wildman–Crippen LogP) is 4.59. The first-order chi connectivity index (χ1) is 10.7. The van der Waals surface area contributed by atoms with Gasteiger partial charge in [-0.15, -0.1) is 0 Å². The molecule has 3 rings (SSSR count). The molecule has 0 bridgehead atoms. The summed E-state index contributed by atoms with van der Waals surface area (Å²) < 4.78 is 1.92. The fourth-order valence-corrected chi connectivity index (χ4v) is 2.75. The Bertz CT molecular complexity index is 744. The second-order valence-electron chi connectivity index (χ2n) is 5.53. The van der Waals surface area contributed by atoms with Crippen LogP contribution in [-0.4, -0.2) is 14.8 Å². The molecular formula is C17H19ClN4. The molecule has 0 aliphatic heterocycles. The summed E-state index contributed by atoms with van der Waals surface area (Å²) in [6, 6.07) is 9.82. The molecule has 1 aromatic carbocycles. The molecule has 0 saturated carbocycles. The van der Waals surface area contributed by atoms with Gasteiger partial charge in [0.05, 0.1) is 28.3 Å². The van der Waals surface area contributed by atoms with Crippen molar-refractivity contribution < 1.29 is 0 Å². The zero-order valence-corrected chi connectivity index (χ0v) is 13.4. The third-order valence-electron chi connectivity index (χ3n) is 3.58. The third-order valence-corrected chi connectivity index (χ3v) is 3.90. The van der Waals surface area contributed by atoms with E-state index in [0.717, 1.165) is 23.6 Å². The molecule has 0 atom stereocenters. The fraction of sp³-hybridized carbons (Fsp3) is 0.235. The van der Waals surface area contributed by atoms with E-state index in [1.807, 2.05) is 47.5 Å². The largest absolute Gasteiger partial charge is 0.378 e. The van der Waals surface area contributed by atoms with Gasteiger partial charge in [-0.25, -0.2) is 4.68 Å². The van der Waals surface area contributed by atoms with Crippen molar-refractivity contribution in [2.24, 2.45) is 0 Å². The molecule has 0 saturated heterocycles. The number of H-pyrrole nitrogens is 1. The highest BCUT2D eigenvalue weighted by molar-refractivity contribution is 6.32. The van der Waals surface area contributed by atoms with Crippen LogP contribution in [0.4, 0.5) is 5.69 Å². The molecule has 22 heavy (non-hydrogen) atoms. The Morgan fingerprint density at radius 2 is 2.09 bits per heavy atom. The Balaban J connectivity index is 1.94. The maximum atomic E-state index is 6.32. The lowest BCUT2D eigenvalue weighted by Gasteiger charge is -2.14. The Morgan fingerprint density at radius 3 is 2.77 bits per heavy atom. The number of aromatic nitrogens is 3. The standard InChI is InChI=1S/C17H19ClN4/c1-12(2)17-15(20-10-13-7-8-19-9-13)11-21-22(17)16-6-4-3-5-14(16)18/h3-9,11-12,19-20H,10H2,1-2H3. The monoisotopic (exact) mass is 314 g/mol. The van der Waals surface area contributed by atoms with Crippen LogP contribution in [0.15, 0.2) is 48.9 Å². The summed E-state index contributed by atoms with van der Waals surface area (Å²) in [5, 5.41) is 8.69. The molecule has 0 aliphatic rings. The Kier molecular flexibility index (Phi) is 4.20. The second kappa shape index (κ2) is 6.28. The molecule has 114 valence electrons. The highest BCUT2D eigenvalue weighted by Crippen LogP contribution is 2.30. The number of halogens is 1. The van der Waals surface area contributed by atoms with Crippen LogP contribution >= 0.6 is 11.6 Å². The van der Waals surface area contributed by atoms with Crippen LogP contribution in [0.25, 0.3) is 5.69 Å². The van der Waals surface area contributed by atoms with Crippen molar-refractivity contribution >= 4 is 17.3 Å². The molecule has 4 nitrogen and oxygen atoms in total. The van der Waals surface area contributed by atoms with E-state index in [2.05, 4.69) is 35.3 Å². The normalized spacial score (nSPS) is 11.1. The molecule has 0 amide bonds. The summed E-state index contributed by atoms with van der Waals surface area (Å²) in [6.07, 6.45) is 5.78. The molecule has 2 N–H and O–H groups in total. The van der Waals surface area contributed by atoms with Gasteiger partial charge in [0.25, 0.3) is 0 Å². The van der Waals surface area contributed by atoms with Gasteiger partial charge < -0.3 is 10.3 Å². The lowest BCUT2D eigenvalue weighted by Crippen LogP contribution is -2.07. The number of nitrogens with one attached hydrogen (secondary N) is 2. The number of para-hydroxylation sites is 1. The van der Waals surface area contributed by atoms with E-state index in [1.54, 1.807) is 0 Å². The SMILES string of the molecule is CC(C)c1c(NCc2cc[nH]c2)cnn1-c1ccccc1Cl. The molecule has 0 radical (unpaired) electrons. The van der Waals surface area contributed by atoms with Crippen molar-refractivity contribution in [2.45, 2.75) is 26.3 Å². The van der Waals surface area contributed by atoms with Crippen molar-refractivity contribution in [3.05, 3.63) is 65.2 Å². The minimum Gasteiger partial charge on any atom is -0.378 e. The second-order valence-corrected chi connectivity index (χ2v) is 5.94. The third kappa shape index (κ3) is 2.88. The summed E-state index contributed by atoms with van der Waals surface area (Å²) in [4.78, 5) is 3.06. The van der Waals surface area contributed by atoms with Crippen LogP contribution < -0.4 is 5.32 Å². The minimum atomic E-state index is 0.326. The van der Waals surface area contributed by atoms with Gasteiger partial charge in [-0.2, -0.15) is 5.10 Å². The van der Waals surface area contributed by atoms with E-state index >= 15 is 0 Å². The first-order valence-electron chi connectivity index (χ1n) is 7.35. The zero-order chi connectivity index (χ0) is 15.5. The Hall–Kier alpha value is -2.20. The van der Waals surface area contributed by atoms with Crippen molar-refractivity contribution in [3.8, 4) is 5.69 Å². The zero-order valence-electron chi connectivity index (χ0n) is 12.7. The smallest absolute Gasteiger partial charge is 0.0835 e. The first kappa shape index (κ1) is 14.7. The van der Waals surface area contributed by atoms with Crippen molar-refractivity contribution in [1.82, 2.24) is 14.8 Å².